The molecule has 2 bridgehead atoms. The van der Waals surface area contributed by atoms with Crippen LogP contribution in [-0.4, -0.2) is 77.4 Å². The second-order valence-corrected chi connectivity index (χ2v) is 11.1. The first-order valence-electron chi connectivity index (χ1n) is 13.5. The second-order valence-electron chi connectivity index (χ2n) is 11.1. The van der Waals surface area contributed by atoms with Crippen LogP contribution < -0.4 is 10.1 Å². The predicted molar refractivity (Wildman–Crippen MR) is 134 cm³/mol. The number of nitrogens with one attached hydrogen (secondary N) is 1. The summed E-state index contributed by atoms with van der Waals surface area (Å²) in [7, 11) is 1.60. The number of hydrogen-bond acceptors (Lipinski definition) is 5. The first kappa shape index (κ1) is 23.5. The highest BCUT2D eigenvalue weighted by Gasteiger charge is 2.48. The van der Waals surface area contributed by atoms with Gasteiger partial charge in [0, 0.05) is 19.1 Å². The van der Waals surface area contributed by atoms with Crippen molar-refractivity contribution in [1.82, 2.24) is 20.0 Å². The van der Waals surface area contributed by atoms with E-state index in [1.165, 1.54) is 36.3 Å². The monoisotopic (exact) mass is 492 g/mol. The summed E-state index contributed by atoms with van der Waals surface area (Å²) in [6, 6.07) is 6.89. The number of imide groups is 1. The lowest BCUT2D eigenvalue weighted by Crippen LogP contribution is -2.60. The normalized spacial score (nSPS) is 31.9. The lowest BCUT2D eigenvalue weighted by molar-refractivity contribution is -0.139. The summed E-state index contributed by atoms with van der Waals surface area (Å²) in [4.78, 5) is 45.2. The van der Waals surface area contributed by atoms with Crippen LogP contribution in [0.1, 0.15) is 50.5 Å². The van der Waals surface area contributed by atoms with Gasteiger partial charge in [-0.3, -0.25) is 19.4 Å². The number of carbonyl (C=O) groups excluding carboxylic acids is 3. The van der Waals surface area contributed by atoms with Gasteiger partial charge in [-0.1, -0.05) is 30.2 Å². The van der Waals surface area contributed by atoms with Crippen LogP contribution in [-0.2, 0) is 16.1 Å². The maximum absolute atomic E-state index is 13.6. The van der Waals surface area contributed by atoms with E-state index < -0.39 is 12.1 Å². The fraction of sp³-hybridized carbons (Fsp3) is 0.607. The summed E-state index contributed by atoms with van der Waals surface area (Å²) < 4.78 is 5.18. The molecule has 5 atom stereocenters. The molecule has 4 saturated heterocycles. The number of benzene rings is 1. The van der Waals surface area contributed by atoms with Crippen molar-refractivity contribution >= 4 is 17.8 Å². The van der Waals surface area contributed by atoms with Crippen LogP contribution in [0.4, 0.5) is 4.79 Å². The topological polar surface area (TPSA) is 82.2 Å². The Balaban J connectivity index is 1.14. The summed E-state index contributed by atoms with van der Waals surface area (Å²) in [5.41, 5.74) is 2.27. The van der Waals surface area contributed by atoms with E-state index in [9.17, 15) is 14.4 Å². The van der Waals surface area contributed by atoms with E-state index in [4.69, 9.17) is 4.74 Å². The van der Waals surface area contributed by atoms with Crippen molar-refractivity contribution < 1.29 is 19.1 Å². The Morgan fingerprint density at radius 3 is 2.75 bits per heavy atom. The van der Waals surface area contributed by atoms with Crippen LogP contribution in [0.25, 0.3) is 0 Å². The molecule has 1 N–H and O–H groups in total. The van der Waals surface area contributed by atoms with Gasteiger partial charge in [0.05, 0.1) is 26.1 Å². The van der Waals surface area contributed by atoms with Gasteiger partial charge in [0.25, 0.3) is 5.91 Å². The molecule has 0 radical (unpaired) electrons. The molecule has 8 heteroatoms. The van der Waals surface area contributed by atoms with Gasteiger partial charge in [-0.15, -0.1) is 0 Å². The van der Waals surface area contributed by atoms with Gasteiger partial charge in [0.15, 0.2) is 0 Å². The summed E-state index contributed by atoms with van der Waals surface area (Å²) >= 11 is 0. The molecule has 36 heavy (non-hydrogen) atoms. The molecule has 4 amide bonds. The third kappa shape index (κ3) is 4.19. The zero-order valence-corrected chi connectivity index (χ0v) is 21.0. The number of amides is 4. The van der Waals surface area contributed by atoms with E-state index in [0.29, 0.717) is 17.9 Å². The van der Waals surface area contributed by atoms with Crippen LogP contribution in [0.3, 0.4) is 0 Å². The highest BCUT2D eigenvalue weighted by molar-refractivity contribution is 6.05. The molecule has 4 heterocycles. The summed E-state index contributed by atoms with van der Waals surface area (Å²) in [6.45, 7) is 3.16. The third-order valence-corrected chi connectivity index (χ3v) is 8.96. The fourth-order valence-corrected chi connectivity index (χ4v) is 7.32. The number of hydrogen-bond donors (Lipinski definition) is 1. The first-order chi connectivity index (χ1) is 17.5. The van der Waals surface area contributed by atoms with Crippen molar-refractivity contribution in [2.45, 2.75) is 69.6 Å². The molecule has 0 aromatic heterocycles. The SMILES string of the molecule is COc1ccc(CN2C(=O)NC(CC(=O)N3CCCC4=C[C@H]5C[C@@H](CN6CCCCC56)C43)C2=O)cc1. The average Bonchev–Trinajstić information content (AvgIpc) is 3.16. The molecular formula is C28H36N4O4. The summed E-state index contributed by atoms with van der Waals surface area (Å²) in [6.07, 6.45) is 9.63. The molecule has 0 spiro atoms. The molecule has 5 aliphatic rings. The van der Waals surface area contributed by atoms with Gasteiger partial charge in [-0.2, -0.15) is 0 Å². The van der Waals surface area contributed by atoms with Gasteiger partial charge in [-0.05, 0) is 68.2 Å². The highest BCUT2D eigenvalue weighted by atomic mass is 16.5. The number of methoxy groups -OCH3 is 1. The molecule has 1 aromatic rings. The number of ether oxygens (including phenoxy) is 1. The molecule has 6 rings (SSSR count). The number of carbonyl (C=O) groups is 3. The Hall–Kier alpha value is -2.87. The largest absolute Gasteiger partial charge is 0.497 e. The van der Waals surface area contributed by atoms with Crippen LogP contribution in [0.2, 0.25) is 0 Å². The summed E-state index contributed by atoms with van der Waals surface area (Å²) in [5.74, 6) is 1.46. The third-order valence-electron chi connectivity index (χ3n) is 8.96. The number of urea groups is 1. The quantitative estimate of drug-likeness (QED) is 0.505. The predicted octanol–water partition coefficient (Wildman–Crippen LogP) is 2.93. The molecule has 3 unspecified atom stereocenters. The Bertz CT molecular complexity index is 1070. The number of rotatable bonds is 5. The maximum atomic E-state index is 13.6. The molecule has 1 aromatic carbocycles. The molecule has 0 saturated carbocycles. The minimum Gasteiger partial charge on any atom is -0.497 e. The van der Waals surface area contributed by atoms with Crippen molar-refractivity contribution in [3.8, 4) is 5.75 Å². The van der Waals surface area contributed by atoms with Gasteiger partial charge in [0.1, 0.15) is 11.8 Å². The van der Waals surface area contributed by atoms with Gasteiger partial charge in [0.2, 0.25) is 5.91 Å². The van der Waals surface area contributed by atoms with E-state index in [-0.39, 0.29) is 30.8 Å². The standard InChI is InChI=1S/C28H36N4O4/c1-36-22-9-7-18(8-10-22)16-32-27(34)23(29-28(32)35)15-25(33)31-12-4-5-19-13-20-14-21(26(19)31)17-30-11-3-2-6-24(20)30/h7-10,13,20-21,23-24,26H,2-6,11-12,14-17H2,1H3,(H,29,35)/t20-,21-,23?,24?,26?/m0/s1. The minimum absolute atomic E-state index is 0.0187. The number of nitrogens with zero attached hydrogens (tertiary/aromatic N) is 3. The van der Waals surface area contributed by atoms with Crippen molar-refractivity contribution in [2.24, 2.45) is 11.8 Å². The number of piperidine rings is 3. The Labute approximate surface area is 212 Å². The van der Waals surface area contributed by atoms with Gasteiger partial charge < -0.3 is 15.0 Å². The van der Waals surface area contributed by atoms with E-state index >= 15 is 0 Å². The van der Waals surface area contributed by atoms with Crippen molar-refractivity contribution in [1.29, 1.82) is 0 Å². The molecular weight excluding hydrogens is 456 g/mol. The highest BCUT2D eigenvalue weighted by Crippen LogP contribution is 2.45. The van der Waals surface area contributed by atoms with E-state index in [1.807, 2.05) is 29.2 Å². The lowest BCUT2D eigenvalue weighted by atomic mass is 9.68. The Kier molecular flexibility index (Phi) is 6.23. The van der Waals surface area contributed by atoms with E-state index in [2.05, 4.69) is 16.3 Å². The van der Waals surface area contributed by atoms with E-state index in [1.54, 1.807) is 7.11 Å². The molecule has 8 nitrogen and oxygen atoms in total. The van der Waals surface area contributed by atoms with E-state index in [0.717, 1.165) is 43.7 Å². The number of likely N-dealkylation sites (tertiary alicyclic amines) is 1. The van der Waals surface area contributed by atoms with Gasteiger partial charge >= 0.3 is 6.03 Å². The minimum atomic E-state index is -0.799. The van der Waals surface area contributed by atoms with Crippen LogP contribution in [0.5, 0.6) is 5.75 Å². The van der Waals surface area contributed by atoms with Gasteiger partial charge in [-0.25, -0.2) is 4.79 Å². The van der Waals surface area contributed by atoms with Crippen LogP contribution in [0, 0.1) is 11.8 Å². The molecule has 1 aliphatic carbocycles. The Morgan fingerprint density at radius 2 is 1.94 bits per heavy atom. The van der Waals surface area contributed by atoms with Crippen LogP contribution in [0.15, 0.2) is 35.9 Å². The maximum Gasteiger partial charge on any atom is 0.325 e. The molecule has 4 aliphatic heterocycles. The molecule has 192 valence electrons. The van der Waals surface area contributed by atoms with Crippen molar-refractivity contribution in [2.75, 3.05) is 26.7 Å². The van der Waals surface area contributed by atoms with Crippen LogP contribution >= 0.6 is 0 Å². The van der Waals surface area contributed by atoms with Crippen molar-refractivity contribution in [3.05, 3.63) is 41.5 Å². The average molecular weight is 493 g/mol. The zero-order chi connectivity index (χ0) is 24.8. The first-order valence-corrected chi connectivity index (χ1v) is 13.5. The fourth-order valence-electron chi connectivity index (χ4n) is 7.32. The lowest BCUT2D eigenvalue weighted by Gasteiger charge is -2.54. The molecule has 4 fully saturated rings. The second kappa shape index (κ2) is 9.54. The zero-order valence-electron chi connectivity index (χ0n) is 21.0. The number of fused-ring (bicyclic) bond motifs is 6. The Morgan fingerprint density at radius 1 is 1.11 bits per heavy atom. The smallest absolute Gasteiger partial charge is 0.325 e. The van der Waals surface area contributed by atoms with Crippen molar-refractivity contribution in [3.63, 3.8) is 0 Å². The summed E-state index contributed by atoms with van der Waals surface area (Å²) in [5, 5.41) is 2.76.